The fraction of sp³-hybridized carbons (Fsp3) is 0.520. The molecule has 0 unspecified atom stereocenters. The number of phenols is 2. The van der Waals surface area contributed by atoms with Crippen LogP contribution in [0.4, 0.5) is 0 Å². The van der Waals surface area contributed by atoms with Crippen molar-refractivity contribution in [1.29, 1.82) is 0 Å². The lowest BCUT2D eigenvalue weighted by Gasteiger charge is -2.41. The summed E-state index contributed by atoms with van der Waals surface area (Å²) in [6.45, 7) is -0.306. The summed E-state index contributed by atoms with van der Waals surface area (Å²) in [5, 5.41) is 60.9. The molecule has 35 heavy (non-hydrogen) atoms. The Morgan fingerprint density at radius 2 is 1.66 bits per heavy atom. The third kappa shape index (κ3) is 4.90. The van der Waals surface area contributed by atoms with Crippen molar-refractivity contribution in [3.63, 3.8) is 0 Å². The first-order chi connectivity index (χ1) is 16.8. The van der Waals surface area contributed by atoms with Crippen molar-refractivity contribution in [3.05, 3.63) is 47.0 Å². The van der Waals surface area contributed by atoms with Crippen LogP contribution in [0.5, 0.6) is 23.0 Å². The van der Waals surface area contributed by atoms with Gasteiger partial charge < -0.3 is 49.6 Å². The predicted molar refractivity (Wildman–Crippen MR) is 123 cm³/mol. The van der Waals surface area contributed by atoms with E-state index in [1.54, 1.807) is 24.3 Å². The van der Waals surface area contributed by atoms with Crippen LogP contribution in [0.15, 0.2) is 30.3 Å². The van der Waals surface area contributed by atoms with Crippen LogP contribution >= 0.6 is 0 Å². The highest BCUT2D eigenvalue weighted by molar-refractivity contribution is 5.53. The van der Waals surface area contributed by atoms with Gasteiger partial charge in [-0.15, -0.1) is 0 Å². The summed E-state index contributed by atoms with van der Waals surface area (Å²) in [6, 6.07) is 8.34. The number of ether oxygens (including phenoxy) is 4. The Hall–Kier alpha value is -2.60. The molecule has 1 saturated heterocycles. The van der Waals surface area contributed by atoms with Gasteiger partial charge in [-0.2, -0.15) is 0 Å². The second kappa shape index (κ2) is 10.6. The van der Waals surface area contributed by atoms with E-state index >= 15 is 0 Å². The molecule has 192 valence electrons. The van der Waals surface area contributed by atoms with Crippen LogP contribution in [0.1, 0.15) is 22.6 Å². The maximum absolute atomic E-state index is 10.5. The third-order valence-electron chi connectivity index (χ3n) is 7.00. The summed E-state index contributed by atoms with van der Waals surface area (Å²) < 4.78 is 21.9. The van der Waals surface area contributed by atoms with E-state index in [-0.39, 0.29) is 48.9 Å². The lowest BCUT2D eigenvalue weighted by molar-refractivity contribution is -0.274. The lowest BCUT2D eigenvalue weighted by atomic mass is 9.67. The van der Waals surface area contributed by atoms with Crippen molar-refractivity contribution in [3.8, 4) is 23.0 Å². The van der Waals surface area contributed by atoms with Gasteiger partial charge in [0.25, 0.3) is 0 Å². The molecule has 0 aromatic heterocycles. The predicted octanol–water partition coefficient (Wildman–Crippen LogP) is 0.483. The van der Waals surface area contributed by atoms with Crippen molar-refractivity contribution in [2.45, 2.75) is 36.9 Å². The quantitative estimate of drug-likeness (QED) is 0.321. The van der Waals surface area contributed by atoms with Crippen molar-refractivity contribution >= 4 is 0 Å². The number of phenolic OH excluding ortho intramolecular Hbond substituents is 2. The van der Waals surface area contributed by atoms with Crippen molar-refractivity contribution < 1.29 is 49.6 Å². The largest absolute Gasteiger partial charge is 0.504 e. The van der Waals surface area contributed by atoms with E-state index in [2.05, 4.69) is 0 Å². The highest BCUT2D eigenvalue weighted by Crippen LogP contribution is 2.48. The Bertz CT molecular complexity index is 1030. The third-order valence-corrected chi connectivity index (χ3v) is 7.00. The van der Waals surface area contributed by atoms with Gasteiger partial charge in [0, 0.05) is 12.5 Å². The van der Waals surface area contributed by atoms with Crippen LogP contribution in [0.3, 0.4) is 0 Å². The van der Waals surface area contributed by atoms with Gasteiger partial charge in [0.05, 0.1) is 27.4 Å². The zero-order valence-corrected chi connectivity index (χ0v) is 19.6. The van der Waals surface area contributed by atoms with Gasteiger partial charge in [-0.1, -0.05) is 6.07 Å². The first-order valence-corrected chi connectivity index (χ1v) is 11.4. The first-order valence-electron chi connectivity index (χ1n) is 11.4. The molecule has 1 heterocycles. The van der Waals surface area contributed by atoms with Gasteiger partial charge in [-0.3, -0.25) is 0 Å². The SMILES string of the molecule is COc1cc([C@H]2c3cc(O)c(OC)cc3C[C@@H](CO)[C@@H]2CO[C@@H]2OC[C@@H](O)[C@H](O)[C@H]2O)ccc1O. The summed E-state index contributed by atoms with van der Waals surface area (Å²) >= 11 is 0. The highest BCUT2D eigenvalue weighted by atomic mass is 16.7. The smallest absolute Gasteiger partial charge is 0.186 e. The summed E-state index contributed by atoms with van der Waals surface area (Å²) in [7, 11) is 2.91. The molecule has 0 bridgehead atoms. The number of methoxy groups -OCH3 is 2. The molecule has 4 rings (SSSR count). The second-order valence-electron chi connectivity index (χ2n) is 9.03. The van der Waals surface area contributed by atoms with Crippen LogP contribution in [0, 0.1) is 11.8 Å². The Morgan fingerprint density at radius 1 is 0.943 bits per heavy atom. The average molecular weight is 493 g/mol. The summed E-state index contributed by atoms with van der Waals surface area (Å²) in [5.41, 5.74) is 2.45. The minimum atomic E-state index is -1.44. The molecule has 1 fully saturated rings. The topological polar surface area (TPSA) is 158 Å². The van der Waals surface area contributed by atoms with E-state index < -0.39 is 30.5 Å². The average Bonchev–Trinajstić information content (AvgIpc) is 2.86. The molecule has 0 saturated carbocycles. The standard InChI is InChI=1S/C25H32O10/c1-32-20-6-12(3-4-17(20)27)22-15-8-18(28)21(33-2)7-13(15)5-14(9-26)16(22)10-34-25-24(31)23(30)19(29)11-35-25/h3-4,6-8,14,16,19,22-31H,5,9-11H2,1-2H3/t14-,16-,19+,22-,23-,24+,25+/m0/s1. The van der Waals surface area contributed by atoms with Crippen molar-refractivity contribution in [1.82, 2.24) is 0 Å². The van der Waals surface area contributed by atoms with Gasteiger partial charge >= 0.3 is 0 Å². The summed E-state index contributed by atoms with van der Waals surface area (Å²) in [5.74, 6) is -0.459. The summed E-state index contributed by atoms with van der Waals surface area (Å²) in [6.07, 6.45) is -4.74. The fourth-order valence-electron chi connectivity index (χ4n) is 5.07. The summed E-state index contributed by atoms with van der Waals surface area (Å²) in [4.78, 5) is 0. The molecule has 10 nitrogen and oxygen atoms in total. The van der Waals surface area contributed by atoms with E-state index in [0.29, 0.717) is 12.2 Å². The number of aliphatic hydroxyl groups is 4. The minimum absolute atomic E-state index is 0.0253. The van der Waals surface area contributed by atoms with Crippen LogP contribution in [-0.4, -0.2) is 89.3 Å². The number of rotatable bonds is 7. The van der Waals surface area contributed by atoms with Crippen LogP contribution in [-0.2, 0) is 15.9 Å². The molecule has 2 aromatic rings. The van der Waals surface area contributed by atoms with Gasteiger partial charge in [0.15, 0.2) is 29.3 Å². The molecule has 1 aliphatic carbocycles. The van der Waals surface area contributed by atoms with Gasteiger partial charge in [-0.25, -0.2) is 0 Å². The number of fused-ring (bicyclic) bond motifs is 1. The Kier molecular flexibility index (Phi) is 7.70. The molecule has 7 atom stereocenters. The lowest BCUT2D eigenvalue weighted by Crippen LogP contribution is -2.54. The monoisotopic (exact) mass is 492 g/mol. The molecule has 0 amide bonds. The molecule has 0 radical (unpaired) electrons. The van der Waals surface area contributed by atoms with Crippen LogP contribution in [0.25, 0.3) is 0 Å². The second-order valence-corrected chi connectivity index (χ2v) is 9.03. The normalized spacial score (nSPS) is 30.5. The van der Waals surface area contributed by atoms with Crippen molar-refractivity contribution in [2.75, 3.05) is 34.0 Å². The molecular formula is C25H32O10. The van der Waals surface area contributed by atoms with E-state index in [9.17, 15) is 30.6 Å². The Balaban J connectivity index is 1.73. The van der Waals surface area contributed by atoms with Gasteiger partial charge in [0.1, 0.15) is 18.3 Å². The molecule has 2 aliphatic rings. The zero-order valence-electron chi connectivity index (χ0n) is 19.6. The van der Waals surface area contributed by atoms with E-state index in [1.165, 1.54) is 20.3 Å². The number of benzene rings is 2. The number of hydrogen-bond donors (Lipinski definition) is 6. The van der Waals surface area contributed by atoms with Crippen LogP contribution < -0.4 is 9.47 Å². The maximum atomic E-state index is 10.5. The number of aromatic hydroxyl groups is 2. The minimum Gasteiger partial charge on any atom is -0.504 e. The van der Waals surface area contributed by atoms with Gasteiger partial charge in [-0.05, 0) is 59.2 Å². The number of hydrogen-bond acceptors (Lipinski definition) is 10. The molecule has 6 N–H and O–H groups in total. The highest BCUT2D eigenvalue weighted by Gasteiger charge is 2.42. The molecular weight excluding hydrogens is 460 g/mol. The molecule has 0 spiro atoms. The molecule has 10 heteroatoms. The first kappa shape index (κ1) is 25.5. The van der Waals surface area contributed by atoms with Crippen LogP contribution in [0.2, 0.25) is 0 Å². The van der Waals surface area contributed by atoms with E-state index in [1.807, 2.05) is 0 Å². The Labute approximate surface area is 202 Å². The maximum Gasteiger partial charge on any atom is 0.186 e. The fourth-order valence-corrected chi connectivity index (χ4v) is 5.07. The van der Waals surface area contributed by atoms with Gasteiger partial charge in [0.2, 0.25) is 0 Å². The zero-order chi connectivity index (χ0) is 25.3. The molecule has 2 aromatic carbocycles. The number of aliphatic hydroxyl groups excluding tert-OH is 4. The van der Waals surface area contributed by atoms with Crippen molar-refractivity contribution in [2.24, 2.45) is 11.8 Å². The Morgan fingerprint density at radius 3 is 2.34 bits per heavy atom. The van der Waals surface area contributed by atoms with E-state index in [0.717, 1.165) is 16.7 Å². The molecule has 1 aliphatic heterocycles. The van der Waals surface area contributed by atoms with E-state index in [4.69, 9.17) is 18.9 Å².